The van der Waals surface area contributed by atoms with E-state index in [9.17, 15) is 9.90 Å². The van der Waals surface area contributed by atoms with E-state index in [-0.39, 0.29) is 6.61 Å². The Balaban J connectivity index is 3.42. The number of allylic oxidation sites excluding steroid dienone is 2. The molecule has 0 aliphatic rings. The summed E-state index contributed by atoms with van der Waals surface area (Å²) in [5.41, 5.74) is 0. The normalized spacial score (nSPS) is 11.6. The van der Waals surface area contributed by atoms with Crippen LogP contribution in [0, 0.1) is 0 Å². The van der Waals surface area contributed by atoms with Crippen molar-refractivity contribution in [3.63, 3.8) is 0 Å². The summed E-state index contributed by atoms with van der Waals surface area (Å²) in [5, 5.41) is 9.39. The number of rotatable bonds is 31. The molecule has 0 rings (SSSR count). The van der Waals surface area contributed by atoms with Gasteiger partial charge in [-0.25, -0.2) is 0 Å². The van der Waals surface area contributed by atoms with Gasteiger partial charge in [-0.05, 0) is 58.0 Å². The third-order valence-electron chi connectivity index (χ3n) is 7.21. The van der Waals surface area contributed by atoms with E-state index in [1.165, 1.54) is 141 Å². The molecule has 0 unspecified atom stereocenters. The zero-order chi connectivity index (χ0) is 26.2. The Morgan fingerprint density at radius 3 is 1.42 bits per heavy atom. The van der Waals surface area contributed by atoms with Crippen molar-refractivity contribution in [3.05, 3.63) is 12.2 Å². The van der Waals surface area contributed by atoms with Gasteiger partial charge in [0.2, 0.25) is 0 Å². The number of aliphatic hydroxyl groups excluding tert-OH is 1. The van der Waals surface area contributed by atoms with E-state index >= 15 is 0 Å². The van der Waals surface area contributed by atoms with Crippen LogP contribution in [-0.2, 0) is 9.53 Å². The van der Waals surface area contributed by atoms with E-state index in [2.05, 4.69) is 24.0 Å². The molecule has 0 aromatic carbocycles. The van der Waals surface area contributed by atoms with Gasteiger partial charge in [-0.1, -0.05) is 122 Å². The summed E-state index contributed by atoms with van der Waals surface area (Å²) in [4.78, 5) is 12.5. The molecule has 0 aromatic heterocycles. The average molecular weight is 510 g/mol. The van der Waals surface area contributed by atoms with E-state index in [0.29, 0.717) is 13.1 Å². The van der Waals surface area contributed by atoms with Gasteiger partial charge < -0.3 is 14.7 Å². The van der Waals surface area contributed by atoms with Crippen molar-refractivity contribution in [1.29, 1.82) is 0 Å². The van der Waals surface area contributed by atoms with E-state index in [0.717, 1.165) is 26.1 Å². The van der Waals surface area contributed by atoms with E-state index in [4.69, 9.17) is 4.74 Å². The first-order valence-corrected chi connectivity index (χ1v) is 15.9. The van der Waals surface area contributed by atoms with Crippen LogP contribution in [0.25, 0.3) is 0 Å². The fourth-order valence-corrected chi connectivity index (χ4v) is 4.87. The summed E-state index contributed by atoms with van der Waals surface area (Å²) in [6.07, 6.45) is 35.0. The monoisotopic (exact) mass is 509 g/mol. The lowest BCUT2D eigenvalue weighted by Crippen LogP contribution is -2.29. The first-order valence-electron chi connectivity index (χ1n) is 15.9. The highest BCUT2D eigenvalue weighted by molar-refractivity contribution is 5.36. The highest BCUT2D eigenvalue weighted by atomic mass is 16.5. The Kier molecular flexibility index (Phi) is 31.4. The Hall–Kier alpha value is -0.870. The van der Waals surface area contributed by atoms with Crippen LogP contribution >= 0.6 is 0 Å². The minimum atomic E-state index is 0.282. The molecule has 1 N–H and O–H groups in total. The third-order valence-corrected chi connectivity index (χ3v) is 7.21. The van der Waals surface area contributed by atoms with Crippen LogP contribution in [0.2, 0.25) is 0 Å². The summed E-state index contributed by atoms with van der Waals surface area (Å²) >= 11 is 0. The fraction of sp³-hybridized carbons (Fsp3) is 0.906. The maximum Gasteiger partial charge on any atom is 0.293 e. The third kappa shape index (κ3) is 29.4. The zero-order valence-electron chi connectivity index (χ0n) is 24.2. The summed E-state index contributed by atoms with van der Waals surface area (Å²) in [6, 6.07) is 0. The molecule has 0 saturated heterocycles. The fourth-order valence-electron chi connectivity index (χ4n) is 4.87. The molecule has 0 aliphatic heterocycles. The second-order valence-corrected chi connectivity index (χ2v) is 10.7. The summed E-state index contributed by atoms with van der Waals surface area (Å²) in [7, 11) is 0. The van der Waals surface area contributed by atoms with Crippen molar-refractivity contribution in [1.82, 2.24) is 4.90 Å². The van der Waals surface area contributed by atoms with Gasteiger partial charge in [0.25, 0.3) is 6.47 Å². The standard InChI is InChI=1S/C32H63NO3/c1-2-3-4-5-6-7-8-9-10-11-12-13-15-18-21-24-27-33(29-30-34)28-25-22-19-16-14-17-20-23-26-31-36-32-35/h9-10,32,34H,2-8,11-31H2,1H3/b10-9-. The van der Waals surface area contributed by atoms with Crippen molar-refractivity contribution < 1.29 is 14.6 Å². The molecule has 0 aliphatic carbocycles. The molecule has 0 saturated carbocycles. The summed E-state index contributed by atoms with van der Waals surface area (Å²) < 4.78 is 4.72. The van der Waals surface area contributed by atoms with E-state index in [1.807, 2.05) is 0 Å². The van der Waals surface area contributed by atoms with Crippen molar-refractivity contribution in [2.75, 3.05) is 32.8 Å². The van der Waals surface area contributed by atoms with Crippen LogP contribution in [0.15, 0.2) is 12.2 Å². The van der Waals surface area contributed by atoms with Gasteiger partial charge in [-0.15, -0.1) is 0 Å². The van der Waals surface area contributed by atoms with Gasteiger partial charge in [-0.3, -0.25) is 4.79 Å². The molecular weight excluding hydrogens is 446 g/mol. The lowest BCUT2D eigenvalue weighted by Gasteiger charge is -2.21. The molecule has 0 amide bonds. The Morgan fingerprint density at radius 1 is 0.556 bits per heavy atom. The number of carbonyl (C=O) groups is 1. The van der Waals surface area contributed by atoms with E-state index in [1.54, 1.807) is 0 Å². The molecule has 4 heteroatoms. The van der Waals surface area contributed by atoms with Gasteiger partial charge in [0.1, 0.15) is 0 Å². The molecule has 0 radical (unpaired) electrons. The highest BCUT2D eigenvalue weighted by Gasteiger charge is 2.04. The van der Waals surface area contributed by atoms with Crippen LogP contribution in [0.3, 0.4) is 0 Å². The first-order chi connectivity index (χ1) is 17.8. The maximum atomic E-state index is 10.1. The second-order valence-electron chi connectivity index (χ2n) is 10.7. The number of unbranched alkanes of at least 4 members (excludes halogenated alkanes) is 20. The van der Waals surface area contributed by atoms with Gasteiger partial charge >= 0.3 is 0 Å². The number of carbonyl (C=O) groups excluding carboxylic acids is 1. The lowest BCUT2D eigenvalue weighted by atomic mass is 10.1. The highest BCUT2D eigenvalue weighted by Crippen LogP contribution is 2.12. The molecule has 0 atom stereocenters. The Morgan fingerprint density at radius 2 is 0.972 bits per heavy atom. The molecule has 0 heterocycles. The van der Waals surface area contributed by atoms with Crippen molar-refractivity contribution in [2.24, 2.45) is 0 Å². The lowest BCUT2D eigenvalue weighted by molar-refractivity contribution is -0.128. The Bertz CT molecular complexity index is 441. The minimum Gasteiger partial charge on any atom is -0.468 e. The van der Waals surface area contributed by atoms with Gasteiger partial charge in [0, 0.05) is 6.54 Å². The topological polar surface area (TPSA) is 49.8 Å². The van der Waals surface area contributed by atoms with Crippen molar-refractivity contribution in [2.45, 2.75) is 155 Å². The maximum absolute atomic E-state index is 10.1. The molecule has 36 heavy (non-hydrogen) atoms. The van der Waals surface area contributed by atoms with Gasteiger partial charge in [0.05, 0.1) is 13.2 Å². The van der Waals surface area contributed by atoms with Crippen LogP contribution < -0.4 is 0 Å². The number of aliphatic hydroxyl groups is 1. The molecule has 0 spiro atoms. The largest absolute Gasteiger partial charge is 0.468 e. The summed E-state index contributed by atoms with van der Waals surface area (Å²) in [6.45, 7) is 6.80. The number of nitrogens with zero attached hydrogens (tertiary/aromatic N) is 1. The van der Waals surface area contributed by atoms with Crippen LogP contribution in [0.4, 0.5) is 0 Å². The average Bonchev–Trinajstić information content (AvgIpc) is 2.89. The van der Waals surface area contributed by atoms with Crippen molar-refractivity contribution in [3.8, 4) is 0 Å². The molecule has 0 bridgehead atoms. The zero-order valence-corrected chi connectivity index (χ0v) is 24.2. The molecule has 214 valence electrons. The molecule has 4 nitrogen and oxygen atoms in total. The second kappa shape index (κ2) is 32.2. The SMILES string of the molecule is CCCCCCCC/C=C\CCCCCCCCN(CCO)CCCCCCCCCCCOC=O. The quantitative estimate of drug-likeness (QED) is 0.0575. The number of hydrogen-bond donors (Lipinski definition) is 1. The van der Waals surface area contributed by atoms with Gasteiger partial charge in [0.15, 0.2) is 0 Å². The predicted molar refractivity (Wildman–Crippen MR) is 157 cm³/mol. The van der Waals surface area contributed by atoms with Crippen LogP contribution in [-0.4, -0.2) is 49.3 Å². The molecular formula is C32H63NO3. The molecule has 0 aromatic rings. The minimum absolute atomic E-state index is 0.282. The van der Waals surface area contributed by atoms with Crippen molar-refractivity contribution >= 4 is 6.47 Å². The summed E-state index contributed by atoms with van der Waals surface area (Å²) in [5.74, 6) is 0. The number of hydrogen-bond acceptors (Lipinski definition) is 4. The predicted octanol–water partition coefficient (Wildman–Crippen LogP) is 9.00. The first kappa shape index (κ1) is 35.1. The molecule has 0 fully saturated rings. The van der Waals surface area contributed by atoms with Gasteiger partial charge in [-0.2, -0.15) is 0 Å². The number of ether oxygens (including phenoxy) is 1. The van der Waals surface area contributed by atoms with Crippen LogP contribution in [0.1, 0.15) is 155 Å². The van der Waals surface area contributed by atoms with E-state index < -0.39 is 0 Å². The smallest absolute Gasteiger partial charge is 0.293 e. The Labute approximate surface area is 225 Å². The van der Waals surface area contributed by atoms with Crippen LogP contribution in [0.5, 0.6) is 0 Å².